The van der Waals surface area contributed by atoms with Crippen LogP contribution in [-0.4, -0.2) is 53.8 Å². The van der Waals surface area contributed by atoms with Crippen molar-refractivity contribution in [2.75, 3.05) is 26.2 Å². The van der Waals surface area contributed by atoms with Crippen LogP contribution in [0.15, 0.2) is 18.2 Å². The average molecular weight is 314 g/mol. The summed E-state index contributed by atoms with van der Waals surface area (Å²) in [5.41, 5.74) is 5.56. The Morgan fingerprint density at radius 3 is 2.43 bits per heavy atom. The van der Waals surface area contributed by atoms with Gasteiger partial charge in [-0.15, -0.1) is 0 Å². The van der Waals surface area contributed by atoms with Crippen LogP contribution in [0.4, 0.5) is 4.39 Å². The Morgan fingerprint density at radius 2 is 1.90 bits per heavy atom. The lowest BCUT2D eigenvalue weighted by Gasteiger charge is -2.37. The Hall–Kier alpha value is -1.66. The van der Waals surface area contributed by atoms with E-state index in [2.05, 4.69) is 0 Å². The number of carbonyl (C=O) groups is 2. The minimum atomic E-state index is -0.475. The molecule has 1 aromatic rings. The van der Waals surface area contributed by atoms with E-state index >= 15 is 0 Å². The van der Waals surface area contributed by atoms with Crippen LogP contribution >= 0.6 is 11.6 Å². The van der Waals surface area contributed by atoms with Gasteiger partial charge in [0.15, 0.2) is 0 Å². The number of nitrogens with two attached hydrogens (primary N) is 1. The average Bonchev–Trinajstić information content (AvgIpc) is 2.46. The highest BCUT2D eigenvalue weighted by Gasteiger charge is 2.27. The molecular formula is C14H17ClFN3O2. The molecule has 1 fully saturated rings. The summed E-state index contributed by atoms with van der Waals surface area (Å²) >= 11 is 5.91. The molecule has 1 heterocycles. The summed E-state index contributed by atoms with van der Waals surface area (Å²) in [6.45, 7) is 3.83. The monoisotopic (exact) mass is 313 g/mol. The third-order valence-corrected chi connectivity index (χ3v) is 4.04. The van der Waals surface area contributed by atoms with Gasteiger partial charge in [-0.3, -0.25) is 14.5 Å². The van der Waals surface area contributed by atoms with E-state index in [4.69, 9.17) is 17.3 Å². The van der Waals surface area contributed by atoms with Crippen LogP contribution in [0.2, 0.25) is 5.02 Å². The minimum Gasteiger partial charge on any atom is -0.368 e. The smallest absolute Gasteiger partial charge is 0.255 e. The van der Waals surface area contributed by atoms with Gasteiger partial charge in [0, 0.05) is 26.2 Å². The molecule has 1 aromatic carbocycles. The Bertz CT molecular complexity index is 559. The quantitative estimate of drug-likeness (QED) is 0.909. The highest BCUT2D eigenvalue weighted by molar-refractivity contribution is 6.33. The first-order chi connectivity index (χ1) is 9.90. The second kappa shape index (κ2) is 6.41. The van der Waals surface area contributed by atoms with Gasteiger partial charge in [-0.1, -0.05) is 11.6 Å². The van der Waals surface area contributed by atoms with Crippen molar-refractivity contribution in [3.05, 3.63) is 34.6 Å². The number of benzene rings is 1. The van der Waals surface area contributed by atoms with Crippen molar-refractivity contribution in [2.45, 2.75) is 13.0 Å². The van der Waals surface area contributed by atoms with Crippen LogP contribution in [0.3, 0.4) is 0 Å². The first-order valence-corrected chi connectivity index (χ1v) is 7.05. The van der Waals surface area contributed by atoms with Gasteiger partial charge < -0.3 is 10.6 Å². The molecule has 114 valence electrons. The zero-order valence-corrected chi connectivity index (χ0v) is 12.4. The lowest BCUT2D eigenvalue weighted by molar-refractivity contribution is -0.123. The van der Waals surface area contributed by atoms with Crippen LogP contribution in [0.1, 0.15) is 17.3 Å². The molecule has 1 saturated heterocycles. The lowest BCUT2D eigenvalue weighted by Crippen LogP contribution is -2.54. The first kappa shape index (κ1) is 15.7. The van der Waals surface area contributed by atoms with Crippen molar-refractivity contribution in [1.29, 1.82) is 0 Å². The fourth-order valence-electron chi connectivity index (χ4n) is 2.33. The van der Waals surface area contributed by atoms with Crippen molar-refractivity contribution in [2.24, 2.45) is 5.73 Å². The number of hydrogen-bond acceptors (Lipinski definition) is 3. The standard InChI is InChI=1S/C14H17ClFN3O2/c1-9(13(17)20)18-4-6-19(7-5-18)14(21)11-3-2-10(16)8-12(11)15/h2-3,8-9H,4-7H2,1H3,(H2,17,20)/t9-/m0/s1. The van der Waals surface area contributed by atoms with Crippen LogP contribution in [0.25, 0.3) is 0 Å². The number of piperazine rings is 1. The van der Waals surface area contributed by atoms with E-state index in [9.17, 15) is 14.0 Å². The number of nitrogens with zero attached hydrogens (tertiary/aromatic N) is 2. The summed E-state index contributed by atoms with van der Waals surface area (Å²) in [5.74, 6) is -1.08. The van der Waals surface area contributed by atoms with E-state index in [0.29, 0.717) is 26.2 Å². The van der Waals surface area contributed by atoms with E-state index in [1.54, 1.807) is 11.8 Å². The molecule has 2 amide bonds. The fraction of sp³-hybridized carbons (Fsp3) is 0.429. The zero-order chi connectivity index (χ0) is 15.6. The molecule has 0 saturated carbocycles. The van der Waals surface area contributed by atoms with Crippen LogP contribution in [-0.2, 0) is 4.79 Å². The number of carbonyl (C=O) groups excluding carboxylic acids is 2. The van der Waals surface area contributed by atoms with Gasteiger partial charge in [0.1, 0.15) is 5.82 Å². The molecule has 5 nitrogen and oxygen atoms in total. The van der Waals surface area contributed by atoms with E-state index in [1.807, 2.05) is 4.90 Å². The fourth-order valence-corrected chi connectivity index (χ4v) is 2.57. The number of halogens is 2. The Labute approximate surface area is 127 Å². The first-order valence-electron chi connectivity index (χ1n) is 6.68. The summed E-state index contributed by atoms with van der Waals surface area (Å²) in [7, 11) is 0. The SMILES string of the molecule is C[C@@H](C(N)=O)N1CCN(C(=O)c2ccc(F)cc2Cl)CC1. The molecule has 21 heavy (non-hydrogen) atoms. The van der Waals surface area contributed by atoms with Crippen molar-refractivity contribution < 1.29 is 14.0 Å². The molecular weight excluding hydrogens is 297 g/mol. The van der Waals surface area contributed by atoms with Crippen LogP contribution < -0.4 is 5.73 Å². The third kappa shape index (κ3) is 3.51. The van der Waals surface area contributed by atoms with E-state index < -0.39 is 5.82 Å². The Balaban J connectivity index is 2.02. The molecule has 0 bridgehead atoms. The molecule has 2 rings (SSSR count). The predicted octanol–water partition coefficient (Wildman–Crippen LogP) is 1.11. The maximum Gasteiger partial charge on any atom is 0.255 e. The minimum absolute atomic E-state index is 0.105. The summed E-state index contributed by atoms with van der Waals surface area (Å²) in [6, 6.07) is 3.38. The maximum atomic E-state index is 13.0. The van der Waals surface area contributed by atoms with Gasteiger partial charge >= 0.3 is 0 Å². The van der Waals surface area contributed by atoms with Gasteiger partial charge in [0.25, 0.3) is 5.91 Å². The van der Waals surface area contributed by atoms with Crippen molar-refractivity contribution in [3.63, 3.8) is 0 Å². The second-order valence-corrected chi connectivity index (χ2v) is 5.44. The van der Waals surface area contributed by atoms with E-state index in [0.717, 1.165) is 6.07 Å². The van der Waals surface area contributed by atoms with Gasteiger partial charge in [-0.05, 0) is 25.1 Å². The predicted molar refractivity (Wildman–Crippen MR) is 77.5 cm³/mol. The number of rotatable bonds is 3. The molecule has 2 N–H and O–H groups in total. The van der Waals surface area contributed by atoms with Crippen molar-refractivity contribution in [3.8, 4) is 0 Å². The number of amides is 2. The van der Waals surface area contributed by atoms with E-state index in [-0.39, 0.29) is 28.4 Å². The molecule has 1 aliphatic heterocycles. The van der Waals surface area contributed by atoms with Crippen molar-refractivity contribution >= 4 is 23.4 Å². The molecule has 1 atom stereocenters. The number of hydrogen-bond donors (Lipinski definition) is 1. The van der Waals surface area contributed by atoms with Crippen LogP contribution in [0, 0.1) is 5.82 Å². The second-order valence-electron chi connectivity index (χ2n) is 5.03. The summed E-state index contributed by atoms with van der Waals surface area (Å²) < 4.78 is 13.0. The summed E-state index contributed by atoms with van der Waals surface area (Å²) in [5, 5.41) is 0.105. The van der Waals surface area contributed by atoms with Gasteiger partial charge in [0.2, 0.25) is 5.91 Å². The Kier molecular flexibility index (Phi) is 4.80. The Morgan fingerprint density at radius 1 is 1.29 bits per heavy atom. The third-order valence-electron chi connectivity index (χ3n) is 3.72. The molecule has 7 heteroatoms. The lowest BCUT2D eigenvalue weighted by atomic mass is 10.1. The molecule has 0 aliphatic carbocycles. The molecule has 1 aliphatic rings. The molecule has 0 unspecified atom stereocenters. The number of primary amides is 1. The zero-order valence-electron chi connectivity index (χ0n) is 11.7. The largest absolute Gasteiger partial charge is 0.368 e. The molecule has 0 aromatic heterocycles. The molecule has 0 radical (unpaired) electrons. The van der Waals surface area contributed by atoms with E-state index in [1.165, 1.54) is 12.1 Å². The highest BCUT2D eigenvalue weighted by atomic mass is 35.5. The topological polar surface area (TPSA) is 66.6 Å². The van der Waals surface area contributed by atoms with Gasteiger partial charge in [-0.2, -0.15) is 0 Å². The maximum absolute atomic E-state index is 13.0. The normalized spacial score (nSPS) is 17.6. The van der Waals surface area contributed by atoms with Crippen LogP contribution in [0.5, 0.6) is 0 Å². The molecule has 0 spiro atoms. The van der Waals surface area contributed by atoms with Crippen molar-refractivity contribution in [1.82, 2.24) is 9.80 Å². The van der Waals surface area contributed by atoms with Gasteiger partial charge in [-0.25, -0.2) is 4.39 Å². The summed E-state index contributed by atoms with van der Waals surface area (Å²) in [6.07, 6.45) is 0. The van der Waals surface area contributed by atoms with Gasteiger partial charge in [0.05, 0.1) is 16.6 Å². The highest BCUT2D eigenvalue weighted by Crippen LogP contribution is 2.20. The summed E-state index contributed by atoms with van der Waals surface area (Å²) in [4.78, 5) is 27.1.